The topological polar surface area (TPSA) is 57.5 Å². The van der Waals surface area contributed by atoms with Gasteiger partial charge in [0.25, 0.3) is 0 Å². The van der Waals surface area contributed by atoms with Gasteiger partial charge in [-0.05, 0) is 18.6 Å². The van der Waals surface area contributed by atoms with E-state index in [2.05, 4.69) is 0 Å². The fraction of sp³-hybridized carbons (Fsp3) is 0.222. The van der Waals surface area contributed by atoms with E-state index >= 15 is 0 Å². The lowest BCUT2D eigenvalue weighted by Crippen LogP contribution is -1.97. The molecule has 0 aromatic heterocycles. The van der Waals surface area contributed by atoms with E-state index in [1.54, 1.807) is 19.1 Å². The molecule has 1 aromatic rings. The Morgan fingerprint density at radius 3 is 2.58 bits per heavy atom. The third-order valence-electron chi connectivity index (χ3n) is 1.68. The summed E-state index contributed by atoms with van der Waals surface area (Å²) in [7, 11) is 0. The van der Waals surface area contributed by atoms with Gasteiger partial charge in [-0.1, -0.05) is 12.1 Å². The van der Waals surface area contributed by atoms with Crippen molar-refractivity contribution < 1.29 is 15.0 Å². The first-order valence-corrected chi connectivity index (χ1v) is 3.62. The molecule has 1 atom stereocenters. The average Bonchev–Trinajstić information content (AvgIpc) is 2.03. The molecule has 12 heavy (non-hydrogen) atoms. The number of aliphatic hydroxyl groups excluding tert-OH is 1. The van der Waals surface area contributed by atoms with Crippen LogP contribution in [0.4, 0.5) is 0 Å². The van der Waals surface area contributed by atoms with Crippen LogP contribution in [0.2, 0.25) is 0 Å². The van der Waals surface area contributed by atoms with Crippen molar-refractivity contribution in [2.75, 3.05) is 0 Å². The zero-order chi connectivity index (χ0) is 9.14. The molecule has 0 saturated carbocycles. The third kappa shape index (κ3) is 1.46. The zero-order valence-electron chi connectivity index (χ0n) is 6.69. The maximum absolute atomic E-state index is 10.5. The number of hydrogen-bond donors (Lipinski definition) is 2. The van der Waals surface area contributed by atoms with Crippen LogP contribution < -0.4 is 0 Å². The summed E-state index contributed by atoms with van der Waals surface area (Å²) >= 11 is 0. The molecular formula is C9H10O3. The van der Waals surface area contributed by atoms with E-state index < -0.39 is 6.10 Å². The van der Waals surface area contributed by atoms with Gasteiger partial charge in [-0.25, -0.2) is 0 Å². The monoisotopic (exact) mass is 166 g/mol. The molecule has 2 N–H and O–H groups in total. The maximum atomic E-state index is 10.5. The second kappa shape index (κ2) is 3.36. The molecule has 0 spiro atoms. The van der Waals surface area contributed by atoms with E-state index in [4.69, 9.17) is 0 Å². The van der Waals surface area contributed by atoms with Crippen molar-refractivity contribution in [1.82, 2.24) is 0 Å². The number of hydrogen-bond acceptors (Lipinski definition) is 3. The molecule has 3 heteroatoms. The quantitative estimate of drug-likeness (QED) is 0.650. The molecule has 0 heterocycles. The largest absolute Gasteiger partial charge is 0.507 e. The van der Waals surface area contributed by atoms with Gasteiger partial charge in [-0.2, -0.15) is 0 Å². The van der Waals surface area contributed by atoms with Crippen LogP contribution in [0, 0.1) is 0 Å². The summed E-state index contributed by atoms with van der Waals surface area (Å²) in [5, 5.41) is 18.4. The maximum Gasteiger partial charge on any atom is 0.154 e. The van der Waals surface area contributed by atoms with Gasteiger partial charge in [0.15, 0.2) is 6.29 Å². The summed E-state index contributed by atoms with van der Waals surface area (Å²) in [6, 6.07) is 4.61. The fourth-order valence-corrected chi connectivity index (χ4v) is 1.06. The highest BCUT2D eigenvalue weighted by Crippen LogP contribution is 2.23. The molecule has 0 radical (unpaired) electrons. The Morgan fingerprint density at radius 1 is 1.50 bits per heavy atom. The van der Waals surface area contributed by atoms with Crippen LogP contribution in [0.3, 0.4) is 0 Å². The Balaban J connectivity index is 3.27. The summed E-state index contributed by atoms with van der Waals surface area (Å²) in [6.45, 7) is 1.54. The SMILES string of the molecule is CC(O)c1cccc(O)c1C=O. The molecule has 0 amide bonds. The second-order valence-electron chi connectivity index (χ2n) is 2.57. The van der Waals surface area contributed by atoms with Crippen molar-refractivity contribution in [2.45, 2.75) is 13.0 Å². The highest BCUT2D eigenvalue weighted by atomic mass is 16.3. The highest BCUT2D eigenvalue weighted by molar-refractivity contribution is 5.81. The van der Waals surface area contributed by atoms with Crippen molar-refractivity contribution in [3.05, 3.63) is 29.3 Å². The first kappa shape index (κ1) is 8.74. The van der Waals surface area contributed by atoms with Crippen LogP contribution in [0.1, 0.15) is 28.9 Å². The molecule has 0 aliphatic rings. The summed E-state index contributed by atoms with van der Waals surface area (Å²) in [5.74, 6) is -0.0941. The van der Waals surface area contributed by atoms with Crippen LogP contribution in [-0.2, 0) is 0 Å². The van der Waals surface area contributed by atoms with Gasteiger partial charge in [0, 0.05) is 0 Å². The van der Waals surface area contributed by atoms with Crippen molar-refractivity contribution >= 4 is 6.29 Å². The molecule has 3 nitrogen and oxygen atoms in total. The fourth-order valence-electron chi connectivity index (χ4n) is 1.06. The molecule has 0 bridgehead atoms. The predicted molar refractivity (Wildman–Crippen MR) is 44.1 cm³/mol. The van der Waals surface area contributed by atoms with Crippen molar-refractivity contribution in [2.24, 2.45) is 0 Å². The summed E-state index contributed by atoms with van der Waals surface area (Å²) < 4.78 is 0. The number of rotatable bonds is 2. The lowest BCUT2D eigenvalue weighted by Gasteiger charge is -2.07. The van der Waals surface area contributed by atoms with Crippen molar-refractivity contribution in [3.63, 3.8) is 0 Å². The van der Waals surface area contributed by atoms with Crippen LogP contribution in [-0.4, -0.2) is 16.5 Å². The number of carbonyl (C=O) groups is 1. The number of phenols is 1. The van der Waals surface area contributed by atoms with Crippen LogP contribution in [0.15, 0.2) is 18.2 Å². The van der Waals surface area contributed by atoms with E-state index in [1.165, 1.54) is 6.07 Å². The molecule has 1 aromatic carbocycles. The lowest BCUT2D eigenvalue weighted by molar-refractivity contribution is 0.111. The average molecular weight is 166 g/mol. The van der Waals surface area contributed by atoms with Gasteiger partial charge in [0.1, 0.15) is 5.75 Å². The molecule has 1 unspecified atom stereocenters. The van der Waals surface area contributed by atoms with Crippen molar-refractivity contribution in [1.29, 1.82) is 0 Å². The molecule has 0 fully saturated rings. The molecule has 0 aliphatic carbocycles. The van der Waals surface area contributed by atoms with E-state index in [0.717, 1.165) is 0 Å². The Kier molecular flexibility index (Phi) is 2.45. The molecule has 0 aliphatic heterocycles. The number of benzene rings is 1. The molecule has 0 saturated heterocycles. The summed E-state index contributed by atoms with van der Waals surface area (Å²) in [4.78, 5) is 10.5. The first-order chi connectivity index (χ1) is 5.66. The third-order valence-corrected chi connectivity index (χ3v) is 1.68. The van der Waals surface area contributed by atoms with E-state index in [9.17, 15) is 15.0 Å². The standard InChI is InChI=1S/C9H10O3/c1-6(11)7-3-2-4-9(12)8(7)5-10/h2-6,11-12H,1H3. The smallest absolute Gasteiger partial charge is 0.154 e. The first-order valence-electron chi connectivity index (χ1n) is 3.62. The van der Waals surface area contributed by atoms with Crippen LogP contribution in [0.5, 0.6) is 5.75 Å². The predicted octanol–water partition coefficient (Wildman–Crippen LogP) is 1.26. The van der Waals surface area contributed by atoms with Gasteiger partial charge >= 0.3 is 0 Å². The molecular weight excluding hydrogens is 156 g/mol. The van der Waals surface area contributed by atoms with Gasteiger partial charge in [0.2, 0.25) is 0 Å². The Morgan fingerprint density at radius 2 is 2.17 bits per heavy atom. The minimum atomic E-state index is -0.739. The number of aromatic hydroxyl groups is 1. The number of aliphatic hydroxyl groups is 1. The Labute approximate surface area is 70.3 Å². The van der Waals surface area contributed by atoms with Gasteiger partial charge in [-0.3, -0.25) is 4.79 Å². The van der Waals surface area contributed by atoms with E-state index in [-0.39, 0.29) is 11.3 Å². The minimum Gasteiger partial charge on any atom is -0.507 e. The van der Waals surface area contributed by atoms with E-state index in [1.807, 2.05) is 0 Å². The zero-order valence-corrected chi connectivity index (χ0v) is 6.69. The van der Waals surface area contributed by atoms with Crippen LogP contribution >= 0.6 is 0 Å². The second-order valence-corrected chi connectivity index (χ2v) is 2.57. The van der Waals surface area contributed by atoms with Crippen molar-refractivity contribution in [3.8, 4) is 5.75 Å². The number of aldehydes is 1. The Hall–Kier alpha value is -1.35. The van der Waals surface area contributed by atoms with Gasteiger partial charge < -0.3 is 10.2 Å². The number of carbonyl (C=O) groups excluding carboxylic acids is 1. The molecule has 64 valence electrons. The summed E-state index contributed by atoms with van der Waals surface area (Å²) in [5.41, 5.74) is 0.609. The normalized spacial score (nSPS) is 12.5. The van der Waals surface area contributed by atoms with Gasteiger partial charge in [-0.15, -0.1) is 0 Å². The molecule has 1 rings (SSSR count). The van der Waals surface area contributed by atoms with Gasteiger partial charge in [0.05, 0.1) is 11.7 Å². The Bertz CT molecular complexity index is 292. The van der Waals surface area contributed by atoms with E-state index in [0.29, 0.717) is 11.8 Å². The summed E-state index contributed by atoms with van der Waals surface area (Å²) in [6.07, 6.45) is -0.200. The highest BCUT2D eigenvalue weighted by Gasteiger charge is 2.09. The minimum absolute atomic E-state index is 0.0941. The lowest BCUT2D eigenvalue weighted by atomic mass is 10.0. The van der Waals surface area contributed by atoms with Crippen LogP contribution in [0.25, 0.3) is 0 Å². The number of phenolic OH excluding ortho intramolecular Hbond substituents is 1.